The van der Waals surface area contributed by atoms with Crippen LogP contribution in [-0.4, -0.2) is 4.98 Å². The van der Waals surface area contributed by atoms with Crippen molar-refractivity contribution in [3.8, 4) is 33.5 Å². The topological polar surface area (TPSA) is 15.8 Å². The van der Waals surface area contributed by atoms with E-state index in [2.05, 4.69) is 132 Å². The fraction of sp³-hybridized carbons (Fsp3) is 0. The van der Waals surface area contributed by atoms with Crippen molar-refractivity contribution < 1.29 is 0 Å². The van der Waals surface area contributed by atoms with Gasteiger partial charge in [0.2, 0.25) is 0 Å². The van der Waals surface area contributed by atoms with Gasteiger partial charge in [-0.1, -0.05) is 115 Å². The maximum absolute atomic E-state index is 3.77. The normalized spacial score (nSPS) is 14.2. The number of hydrogen-bond donors (Lipinski definition) is 1. The number of aromatic amines is 1. The lowest BCUT2D eigenvalue weighted by Crippen LogP contribution is -2.22. The molecule has 6 aromatic rings. The van der Waals surface area contributed by atoms with Gasteiger partial charge >= 0.3 is 0 Å². The highest BCUT2D eigenvalue weighted by Gasteiger charge is 2.30. The molecule has 1 aliphatic rings. The molecule has 5 aromatic carbocycles. The molecule has 7 rings (SSSR count). The fourth-order valence-corrected chi connectivity index (χ4v) is 7.89. The van der Waals surface area contributed by atoms with Crippen molar-refractivity contribution in [1.29, 1.82) is 0 Å². The van der Waals surface area contributed by atoms with Gasteiger partial charge in [-0.25, -0.2) is 0 Å². The smallest absolute Gasteiger partial charge is 0.0551 e. The van der Waals surface area contributed by atoms with E-state index in [1.165, 1.54) is 60.3 Å². The van der Waals surface area contributed by atoms with Crippen molar-refractivity contribution in [3.05, 3.63) is 127 Å². The van der Waals surface area contributed by atoms with E-state index in [-0.39, 0.29) is 0 Å². The lowest BCUT2D eigenvalue weighted by Gasteiger charge is -2.22. The summed E-state index contributed by atoms with van der Waals surface area (Å²) in [4.78, 5) is 3.77. The molecular weight excluding hydrogens is 429 g/mol. The summed E-state index contributed by atoms with van der Waals surface area (Å²) < 4.78 is 0. The highest BCUT2D eigenvalue weighted by Crippen LogP contribution is 2.48. The summed E-state index contributed by atoms with van der Waals surface area (Å²) >= 11 is 0. The van der Waals surface area contributed by atoms with E-state index < -0.39 is 7.92 Å². The number of fused-ring (bicyclic) bond motifs is 7. The maximum Gasteiger partial charge on any atom is 0.0551 e. The van der Waals surface area contributed by atoms with Crippen LogP contribution < -0.4 is 15.9 Å². The van der Waals surface area contributed by atoms with Gasteiger partial charge in [-0.05, 0) is 52.7 Å². The molecule has 0 aliphatic carbocycles. The molecule has 0 radical (unpaired) electrons. The fourth-order valence-electron chi connectivity index (χ4n) is 5.25. The standard InChI is InChI=1S/C32H22NP/c1-2-11-22(12-3-1)23-13-10-14-24(21-23)34-29-19-8-5-16-26(29)31-25-15-4-7-18-28(25)33-32(31)27-17-6-9-20-30(27)34/h1-21,33H. The zero-order valence-electron chi connectivity index (χ0n) is 18.6. The first-order valence-electron chi connectivity index (χ1n) is 11.6. The first-order valence-corrected chi connectivity index (χ1v) is 13.0. The average Bonchev–Trinajstić information content (AvgIpc) is 3.24. The van der Waals surface area contributed by atoms with E-state index in [0.717, 1.165) is 0 Å². The molecule has 160 valence electrons. The Kier molecular flexibility index (Phi) is 4.50. The third-order valence-corrected chi connectivity index (χ3v) is 9.28. The number of benzene rings is 5. The number of H-pyrrole nitrogens is 1. The monoisotopic (exact) mass is 451 g/mol. The first-order chi connectivity index (χ1) is 16.9. The van der Waals surface area contributed by atoms with Crippen LogP contribution in [0, 0.1) is 0 Å². The highest BCUT2D eigenvalue weighted by molar-refractivity contribution is 7.80. The quantitative estimate of drug-likeness (QED) is 0.267. The van der Waals surface area contributed by atoms with Gasteiger partial charge in [-0.3, -0.25) is 0 Å². The van der Waals surface area contributed by atoms with E-state index in [0.29, 0.717) is 0 Å². The molecule has 0 saturated carbocycles. The molecule has 0 saturated heterocycles. The first kappa shape index (κ1) is 19.5. The third kappa shape index (κ3) is 2.98. The molecule has 34 heavy (non-hydrogen) atoms. The van der Waals surface area contributed by atoms with Crippen LogP contribution in [0.3, 0.4) is 0 Å². The second kappa shape index (κ2) is 7.83. The zero-order valence-corrected chi connectivity index (χ0v) is 19.5. The zero-order chi connectivity index (χ0) is 22.5. The minimum absolute atomic E-state index is 0.728. The number of nitrogens with one attached hydrogen (secondary N) is 1. The largest absolute Gasteiger partial charge is 0.354 e. The van der Waals surface area contributed by atoms with Crippen molar-refractivity contribution in [2.24, 2.45) is 0 Å². The molecule has 1 unspecified atom stereocenters. The Labute approximate surface area is 200 Å². The summed E-state index contributed by atoms with van der Waals surface area (Å²) in [6.45, 7) is 0. The third-order valence-electron chi connectivity index (χ3n) is 6.75. The van der Waals surface area contributed by atoms with Crippen LogP contribution in [0.2, 0.25) is 0 Å². The number of aromatic nitrogens is 1. The van der Waals surface area contributed by atoms with Crippen LogP contribution in [0.25, 0.3) is 44.4 Å². The molecule has 1 atom stereocenters. The van der Waals surface area contributed by atoms with E-state index in [4.69, 9.17) is 0 Å². The average molecular weight is 452 g/mol. The van der Waals surface area contributed by atoms with Crippen LogP contribution in [0.5, 0.6) is 0 Å². The predicted molar refractivity (Wildman–Crippen MR) is 147 cm³/mol. The van der Waals surface area contributed by atoms with Crippen molar-refractivity contribution in [2.45, 2.75) is 0 Å². The second-order valence-corrected chi connectivity index (χ2v) is 10.9. The molecule has 1 nitrogen and oxygen atoms in total. The summed E-state index contributed by atoms with van der Waals surface area (Å²) in [7, 11) is -0.728. The van der Waals surface area contributed by atoms with E-state index in [1.54, 1.807) is 0 Å². The molecule has 0 amide bonds. The van der Waals surface area contributed by atoms with Crippen LogP contribution in [0.15, 0.2) is 127 Å². The van der Waals surface area contributed by atoms with Crippen LogP contribution in [0.1, 0.15) is 0 Å². The number of rotatable bonds is 2. The summed E-state index contributed by atoms with van der Waals surface area (Å²) in [5.41, 5.74) is 8.91. The van der Waals surface area contributed by atoms with Gasteiger partial charge in [0.25, 0.3) is 0 Å². The molecule has 1 aliphatic heterocycles. The van der Waals surface area contributed by atoms with Crippen molar-refractivity contribution in [2.75, 3.05) is 0 Å². The molecule has 1 N–H and O–H groups in total. The molecule has 0 bridgehead atoms. The van der Waals surface area contributed by atoms with E-state index in [9.17, 15) is 0 Å². The van der Waals surface area contributed by atoms with Crippen LogP contribution in [-0.2, 0) is 0 Å². The van der Waals surface area contributed by atoms with E-state index >= 15 is 0 Å². The Morgan fingerprint density at radius 1 is 0.500 bits per heavy atom. The second-order valence-electron chi connectivity index (χ2n) is 8.71. The van der Waals surface area contributed by atoms with Gasteiger partial charge in [-0.2, -0.15) is 0 Å². The Bertz CT molecular complexity index is 1660. The van der Waals surface area contributed by atoms with Crippen LogP contribution in [0.4, 0.5) is 0 Å². The molecule has 2 heteroatoms. The Morgan fingerprint density at radius 3 is 2.00 bits per heavy atom. The minimum atomic E-state index is -0.728. The highest BCUT2D eigenvalue weighted by atomic mass is 31.1. The summed E-state index contributed by atoms with van der Waals surface area (Å²) in [5.74, 6) is 0. The van der Waals surface area contributed by atoms with Gasteiger partial charge in [0.1, 0.15) is 0 Å². The number of hydrogen-bond acceptors (Lipinski definition) is 0. The molecule has 0 fully saturated rings. The molecule has 0 spiro atoms. The van der Waals surface area contributed by atoms with Gasteiger partial charge < -0.3 is 4.98 Å². The van der Waals surface area contributed by atoms with Crippen molar-refractivity contribution >= 4 is 34.7 Å². The van der Waals surface area contributed by atoms with Crippen LogP contribution >= 0.6 is 7.92 Å². The summed E-state index contributed by atoms with van der Waals surface area (Å²) in [5, 5.41) is 5.49. The van der Waals surface area contributed by atoms with Gasteiger partial charge in [0.05, 0.1) is 5.69 Å². The SMILES string of the molecule is c1ccc(-c2cccc(P3c4ccccc4-c4[nH]c5ccccc5c4-c4ccccc43)c2)cc1. The van der Waals surface area contributed by atoms with Crippen molar-refractivity contribution in [1.82, 2.24) is 4.98 Å². The summed E-state index contributed by atoms with van der Waals surface area (Å²) in [6.07, 6.45) is 0. The Hall–Kier alpha value is -3.93. The van der Waals surface area contributed by atoms with E-state index in [1.807, 2.05) is 0 Å². The lowest BCUT2D eigenvalue weighted by molar-refractivity contribution is 1.46. The van der Waals surface area contributed by atoms with Gasteiger partial charge in [0, 0.05) is 22.0 Å². The van der Waals surface area contributed by atoms with Gasteiger partial charge in [0.15, 0.2) is 0 Å². The number of para-hydroxylation sites is 1. The molecule has 2 heterocycles. The van der Waals surface area contributed by atoms with Crippen molar-refractivity contribution in [3.63, 3.8) is 0 Å². The summed E-state index contributed by atoms with van der Waals surface area (Å²) in [6, 6.07) is 46.5. The minimum Gasteiger partial charge on any atom is -0.354 e. The maximum atomic E-state index is 3.77. The molecular formula is C32H22NP. The molecule has 1 aromatic heterocycles. The lowest BCUT2D eigenvalue weighted by atomic mass is 9.98. The Balaban J connectivity index is 1.54. The predicted octanol–water partition coefficient (Wildman–Crippen LogP) is 7.24. The van der Waals surface area contributed by atoms with Gasteiger partial charge in [-0.15, -0.1) is 0 Å². The Morgan fingerprint density at radius 2 is 1.15 bits per heavy atom.